The van der Waals surface area contributed by atoms with E-state index in [1.165, 1.54) is 0 Å². The molecule has 2 aromatic rings. The molecule has 0 aliphatic heterocycles. The molecule has 0 radical (unpaired) electrons. The molecule has 0 fully saturated rings. The molecule has 4 heteroatoms. The van der Waals surface area contributed by atoms with Crippen LogP contribution in [-0.2, 0) is 6.54 Å². The maximum absolute atomic E-state index is 6.17. The minimum absolute atomic E-state index is 0.142. The minimum Gasteiger partial charge on any atom is -0.306 e. The van der Waals surface area contributed by atoms with Crippen LogP contribution in [0.4, 0.5) is 0 Å². The highest BCUT2D eigenvalue weighted by molar-refractivity contribution is 6.33. The van der Waals surface area contributed by atoms with Crippen molar-refractivity contribution in [3.63, 3.8) is 0 Å². The molecule has 0 aromatic heterocycles. The van der Waals surface area contributed by atoms with Crippen molar-refractivity contribution in [1.29, 1.82) is 0 Å². The summed E-state index contributed by atoms with van der Waals surface area (Å²) < 4.78 is 0. The van der Waals surface area contributed by atoms with E-state index in [1.54, 1.807) is 12.1 Å². The van der Waals surface area contributed by atoms with Gasteiger partial charge in [-0.05, 0) is 42.3 Å². The molecule has 0 amide bonds. The summed E-state index contributed by atoms with van der Waals surface area (Å²) in [6, 6.07) is 13.4. The molecule has 0 saturated carbocycles. The molecule has 0 unspecified atom stereocenters. The van der Waals surface area contributed by atoms with E-state index in [1.807, 2.05) is 30.3 Å². The number of halogens is 3. The van der Waals surface area contributed by atoms with E-state index < -0.39 is 0 Å². The van der Waals surface area contributed by atoms with Crippen LogP contribution < -0.4 is 5.32 Å². The summed E-state index contributed by atoms with van der Waals surface area (Å²) in [6.07, 6.45) is 0. The average molecular weight is 315 g/mol. The zero-order chi connectivity index (χ0) is 13.8. The molecule has 1 atom stereocenters. The molecule has 2 rings (SSSR count). The first-order valence-corrected chi connectivity index (χ1v) is 7.13. The largest absolute Gasteiger partial charge is 0.306 e. The van der Waals surface area contributed by atoms with Gasteiger partial charge in [-0.25, -0.2) is 0 Å². The van der Waals surface area contributed by atoms with E-state index in [9.17, 15) is 0 Å². The van der Waals surface area contributed by atoms with Gasteiger partial charge in [-0.2, -0.15) is 0 Å². The van der Waals surface area contributed by atoms with Gasteiger partial charge >= 0.3 is 0 Å². The Morgan fingerprint density at radius 2 is 1.74 bits per heavy atom. The molecule has 0 aliphatic carbocycles. The van der Waals surface area contributed by atoms with Crippen LogP contribution in [0.2, 0.25) is 15.1 Å². The van der Waals surface area contributed by atoms with Gasteiger partial charge in [-0.15, -0.1) is 0 Å². The Morgan fingerprint density at radius 1 is 1.00 bits per heavy atom. The van der Waals surface area contributed by atoms with Gasteiger partial charge in [-0.1, -0.05) is 53.0 Å². The molecule has 19 heavy (non-hydrogen) atoms. The van der Waals surface area contributed by atoms with Crippen molar-refractivity contribution >= 4 is 34.8 Å². The Labute approximate surface area is 128 Å². The van der Waals surface area contributed by atoms with Crippen molar-refractivity contribution in [3.8, 4) is 0 Å². The van der Waals surface area contributed by atoms with Gasteiger partial charge in [-0.3, -0.25) is 0 Å². The van der Waals surface area contributed by atoms with Crippen LogP contribution in [-0.4, -0.2) is 0 Å². The Kier molecular flexibility index (Phi) is 5.12. The highest BCUT2D eigenvalue weighted by Crippen LogP contribution is 2.24. The Bertz CT molecular complexity index is 569. The second kappa shape index (κ2) is 6.62. The predicted molar refractivity (Wildman–Crippen MR) is 83.2 cm³/mol. The quantitative estimate of drug-likeness (QED) is 0.786. The number of hydrogen-bond donors (Lipinski definition) is 1. The molecular formula is C15H14Cl3N. The molecule has 2 aromatic carbocycles. The van der Waals surface area contributed by atoms with E-state index in [0.717, 1.165) is 16.1 Å². The van der Waals surface area contributed by atoms with Crippen LogP contribution in [0.1, 0.15) is 24.1 Å². The van der Waals surface area contributed by atoms with Crippen molar-refractivity contribution in [2.24, 2.45) is 0 Å². The monoisotopic (exact) mass is 313 g/mol. The van der Waals surface area contributed by atoms with Crippen molar-refractivity contribution in [1.82, 2.24) is 5.32 Å². The number of nitrogens with one attached hydrogen (secondary N) is 1. The molecule has 100 valence electrons. The van der Waals surface area contributed by atoms with Crippen molar-refractivity contribution < 1.29 is 0 Å². The molecule has 1 N–H and O–H groups in total. The first-order chi connectivity index (χ1) is 9.08. The summed E-state index contributed by atoms with van der Waals surface area (Å²) >= 11 is 18.3. The summed E-state index contributed by atoms with van der Waals surface area (Å²) in [5.74, 6) is 0. The fourth-order valence-corrected chi connectivity index (χ4v) is 2.56. The maximum atomic E-state index is 6.17. The lowest BCUT2D eigenvalue weighted by Crippen LogP contribution is -2.18. The molecule has 0 aliphatic rings. The smallest absolute Gasteiger partial charge is 0.0453 e. The summed E-state index contributed by atoms with van der Waals surface area (Å²) in [4.78, 5) is 0. The highest BCUT2D eigenvalue weighted by Gasteiger charge is 2.09. The fourth-order valence-electron chi connectivity index (χ4n) is 1.88. The van der Waals surface area contributed by atoms with Crippen LogP contribution in [0.25, 0.3) is 0 Å². The van der Waals surface area contributed by atoms with E-state index in [4.69, 9.17) is 34.8 Å². The Morgan fingerprint density at radius 3 is 2.47 bits per heavy atom. The molecule has 0 heterocycles. The average Bonchev–Trinajstić information content (AvgIpc) is 2.40. The van der Waals surface area contributed by atoms with Crippen LogP contribution in [0.3, 0.4) is 0 Å². The summed E-state index contributed by atoms with van der Waals surface area (Å²) in [6.45, 7) is 2.71. The van der Waals surface area contributed by atoms with Crippen LogP contribution in [0.15, 0.2) is 42.5 Å². The van der Waals surface area contributed by atoms with Crippen LogP contribution in [0.5, 0.6) is 0 Å². The van der Waals surface area contributed by atoms with E-state index >= 15 is 0 Å². The van der Waals surface area contributed by atoms with Gasteiger partial charge < -0.3 is 5.32 Å². The standard InChI is InChI=1S/C15H14Cl3N/c1-10(13-4-2-3-5-15(13)18)19-9-11-8-12(16)6-7-14(11)17/h2-8,10,19H,9H2,1H3/t10-/m1/s1. The molecule has 0 saturated heterocycles. The fraction of sp³-hybridized carbons (Fsp3) is 0.200. The Balaban J connectivity index is 2.06. The second-order valence-electron chi connectivity index (χ2n) is 4.36. The number of rotatable bonds is 4. The third-order valence-corrected chi connectivity index (χ3v) is 3.93. The topological polar surface area (TPSA) is 12.0 Å². The van der Waals surface area contributed by atoms with Gasteiger partial charge in [0.05, 0.1) is 0 Å². The summed E-state index contributed by atoms with van der Waals surface area (Å²) in [5, 5.41) is 5.56. The Hall–Kier alpha value is -0.730. The number of benzene rings is 2. The number of hydrogen-bond acceptors (Lipinski definition) is 1. The lowest BCUT2D eigenvalue weighted by molar-refractivity contribution is 0.575. The molecule has 1 nitrogen and oxygen atoms in total. The predicted octanol–water partition coefficient (Wildman–Crippen LogP) is 5.50. The van der Waals surface area contributed by atoms with Gasteiger partial charge in [0.2, 0.25) is 0 Å². The van der Waals surface area contributed by atoms with E-state index in [2.05, 4.69) is 12.2 Å². The minimum atomic E-state index is 0.142. The van der Waals surface area contributed by atoms with Crippen molar-refractivity contribution in [2.75, 3.05) is 0 Å². The molecule has 0 spiro atoms. The van der Waals surface area contributed by atoms with Crippen molar-refractivity contribution in [2.45, 2.75) is 19.5 Å². The third-order valence-electron chi connectivity index (χ3n) is 2.98. The molecule has 0 bridgehead atoms. The lowest BCUT2D eigenvalue weighted by atomic mass is 10.1. The van der Waals surface area contributed by atoms with Gasteiger partial charge in [0.1, 0.15) is 0 Å². The normalized spacial score (nSPS) is 12.4. The molecular weight excluding hydrogens is 301 g/mol. The van der Waals surface area contributed by atoms with Crippen LogP contribution >= 0.6 is 34.8 Å². The maximum Gasteiger partial charge on any atom is 0.0453 e. The SMILES string of the molecule is C[C@@H](NCc1cc(Cl)ccc1Cl)c1ccccc1Cl. The summed E-state index contributed by atoms with van der Waals surface area (Å²) in [5.41, 5.74) is 2.05. The summed E-state index contributed by atoms with van der Waals surface area (Å²) in [7, 11) is 0. The van der Waals surface area contributed by atoms with Crippen molar-refractivity contribution in [3.05, 3.63) is 68.7 Å². The van der Waals surface area contributed by atoms with E-state index in [-0.39, 0.29) is 6.04 Å². The first-order valence-electron chi connectivity index (χ1n) is 5.99. The van der Waals surface area contributed by atoms with Gasteiger partial charge in [0.25, 0.3) is 0 Å². The lowest BCUT2D eigenvalue weighted by Gasteiger charge is -2.16. The van der Waals surface area contributed by atoms with Gasteiger partial charge in [0, 0.05) is 27.7 Å². The van der Waals surface area contributed by atoms with E-state index in [0.29, 0.717) is 16.6 Å². The first kappa shape index (κ1) is 14.7. The zero-order valence-electron chi connectivity index (χ0n) is 10.5. The highest BCUT2D eigenvalue weighted by atomic mass is 35.5. The van der Waals surface area contributed by atoms with Crippen LogP contribution in [0, 0.1) is 0 Å². The zero-order valence-corrected chi connectivity index (χ0v) is 12.7. The van der Waals surface area contributed by atoms with Gasteiger partial charge in [0.15, 0.2) is 0 Å². The third kappa shape index (κ3) is 3.87. The second-order valence-corrected chi connectivity index (χ2v) is 5.61.